The number of esters is 1. The summed E-state index contributed by atoms with van der Waals surface area (Å²) in [5.41, 5.74) is 2.97. The number of aliphatic hydroxyl groups excluding tert-OH is 1. The molecule has 0 heterocycles. The van der Waals surface area contributed by atoms with Gasteiger partial charge in [-0.25, -0.2) is 0 Å². The van der Waals surface area contributed by atoms with Crippen molar-refractivity contribution < 1.29 is 24.5 Å². The number of Topliss-reactive ketones (excluding diaryl/α,β-unsaturated/α-hetero) is 1. The Labute approximate surface area is 149 Å². The van der Waals surface area contributed by atoms with E-state index in [1.807, 2.05) is 13.8 Å². The van der Waals surface area contributed by atoms with Gasteiger partial charge in [-0.15, -0.1) is 0 Å². The van der Waals surface area contributed by atoms with Crippen LogP contribution in [-0.2, 0) is 27.2 Å². The third-order valence-corrected chi connectivity index (χ3v) is 5.34. The van der Waals surface area contributed by atoms with Crippen LogP contribution in [0.4, 0.5) is 0 Å². The predicted molar refractivity (Wildman–Crippen MR) is 94.3 cm³/mol. The summed E-state index contributed by atoms with van der Waals surface area (Å²) in [5, 5.41) is 19.8. The van der Waals surface area contributed by atoms with Gasteiger partial charge in [0, 0.05) is 12.3 Å². The van der Waals surface area contributed by atoms with E-state index in [1.54, 1.807) is 0 Å². The molecule has 0 spiro atoms. The zero-order chi connectivity index (χ0) is 18.8. The Morgan fingerprint density at radius 3 is 2.44 bits per heavy atom. The minimum absolute atomic E-state index is 0.0556. The number of benzene rings is 1. The Kier molecular flexibility index (Phi) is 6.01. The Bertz CT molecular complexity index is 666. The van der Waals surface area contributed by atoms with Gasteiger partial charge in [-0.05, 0) is 49.8 Å². The van der Waals surface area contributed by atoms with Gasteiger partial charge in [-0.3, -0.25) is 9.59 Å². The van der Waals surface area contributed by atoms with E-state index in [0.717, 1.165) is 28.7 Å². The van der Waals surface area contributed by atoms with Crippen molar-refractivity contribution >= 4 is 11.8 Å². The smallest absolute Gasteiger partial charge is 0.309 e. The fraction of sp³-hybridized carbons (Fsp3) is 0.600. The zero-order valence-electron chi connectivity index (χ0n) is 15.5. The highest BCUT2D eigenvalue weighted by Crippen LogP contribution is 2.41. The van der Waals surface area contributed by atoms with Gasteiger partial charge in [-0.1, -0.05) is 24.6 Å². The summed E-state index contributed by atoms with van der Waals surface area (Å²) in [6.07, 6.45) is 1.21. The number of rotatable bonds is 6. The van der Waals surface area contributed by atoms with Crippen LogP contribution >= 0.6 is 0 Å². The molecule has 3 atom stereocenters. The van der Waals surface area contributed by atoms with Crippen molar-refractivity contribution in [1.82, 2.24) is 0 Å². The minimum Gasteiger partial charge on any atom is -0.469 e. The maximum atomic E-state index is 13.0. The van der Waals surface area contributed by atoms with Gasteiger partial charge in [0.2, 0.25) is 0 Å². The van der Waals surface area contributed by atoms with Crippen LogP contribution in [0.5, 0.6) is 0 Å². The lowest BCUT2D eigenvalue weighted by Gasteiger charge is -2.19. The van der Waals surface area contributed by atoms with Crippen molar-refractivity contribution in [2.45, 2.75) is 52.1 Å². The molecule has 0 aliphatic heterocycles. The quantitative estimate of drug-likeness (QED) is 0.767. The van der Waals surface area contributed by atoms with Crippen LogP contribution in [0.15, 0.2) is 12.1 Å². The van der Waals surface area contributed by atoms with E-state index in [1.165, 1.54) is 7.11 Å². The first-order chi connectivity index (χ1) is 11.7. The summed E-state index contributed by atoms with van der Waals surface area (Å²) in [6, 6.07) is 4.14. The molecule has 2 N–H and O–H groups in total. The monoisotopic (exact) mass is 348 g/mol. The van der Waals surface area contributed by atoms with Crippen molar-refractivity contribution in [3.63, 3.8) is 0 Å². The summed E-state index contributed by atoms with van der Waals surface area (Å²) in [5.74, 6) is -1.92. The van der Waals surface area contributed by atoms with Crippen LogP contribution in [0.25, 0.3) is 0 Å². The third kappa shape index (κ3) is 4.10. The molecule has 1 aromatic rings. The molecular weight excluding hydrogens is 320 g/mol. The average molecular weight is 348 g/mol. The van der Waals surface area contributed by atoms with Crippen LogP contribution in [0.1, 0.15) is 42.0 Å². The standard InChI is InChI=1S/C20H28O5/c1-5-14-7-12(2)6-13(3)15(14)8-18(22)16-9-20(24,11-21)10-17(16)19(23)25-4/h6-7,16-17,21,24H,5,8-11H2,1-4H3/t16-,17-,20?/m0/s1. The molecule has 5 nitrogen and oxygen atoms in total. The molecule has 1 fully saturated rings. The van der Waals surface area contributed by atoms with Crippen molar-refractivity contribution in [3.05, 3.63) is 34.4 Å². The van der Waals surface area contributed by atoms with E-state index in [9.17, 15) is 19.8 Å². The number of aryl methyl sites for hydroxylation is 3. The lowest BCUT2D eigenvalue weighted by Crippen LogP contribution is -2.30. The molecule has 1 aromatic carbocycles. The first-order valence-corrected chi connectivity index (χ1v) is 8.77. The summed E-state index contributed by atoms with van der Waals surface area (Å²) in [6.45, 7) is 5.61. The topological polar surface area (TPSA) is 83.8 Å². The Morgan fingerprint density at radius 2 is 1.88 bits per heavy atom. The van der Waals surface area contributed by atoms with Crippen LogP contribution in [-0.4, -0.2) is 41.3 Å². The number of ether oxygens (including phenoxy) is 1. The summed E-state index contributed by atoms with van der Waals surface area (Å²) >= 11 is 0. The summed E-state index contributed by atoms with van der Waals surface area (Å²) in [4.78, 5) is 25.0. The van der Waals surface area contributed by atoms with Gasteiger partial charge in [-0.2, -0.15) is 0 Å². The Morgan fingerprint density at radius 1 is 1.24 bits per heavy atom. The van der Waals surface area contributed by atoms with Crippen molar-refractivity contribution in [3.8, 4) is 0 Å². The molecule has 0 radical (unpaired) electrons. The molecule has 2 rings (SSSR count). The second kappa shape index (κ2) is 7.67. The molecule has 0 amide bonds. The number of hydrogen-bond donors (Lipinski definition) is 2. The number of hydrogen-bond acceptors (Lipinski definition) is 5. The summed E-state index contributed by atoms with van der Waals surface area (Å²) < 4.78 is 4.80. The highest BCUT2D eigenvalue weighted by Gasteiger charge is 2.50. The van der Waals surface area contributed by atoms with Crippen molar-refractivity contribution in [2.75, 3.05) is 13.7 Å². The largest absolute Gasteiger partial charge is 0.469 e. The maximum Gasteiger partial charge on any atom is 0.309 e. The fourth-order valence-corrected chi connectivity index (χ4v) is 4.01. The van der Waals surface area contributed by atoms with Gasteiger partial charge in [0.05, 0.1) is 25.2 Å². The molecule has 1 aliphatic rings. The molecule has 138 valence electrons. The van der Waals surface area contributed by atoms with Gasteiger partial charge in [0.15, 0.2) is 0 Å². The molecular formula is C20H28O5. The van der Waals surface area contributed by atoms with Crippen LogP contribution < -0.4 is 0 Å². The molecule has 0 saturated heterocycles. The van der Waals surface area contributed by atoms with E-state index in [2.05, 4.69) is 19.1 Å². The normalized spacial score (nSPS) is 25.8. The van der Waals surface area contributed by atoms with Gasteiger partial charge in [0.25, 0.3) is 0 Å². The van der Waals surface area contributed by atoms with Gasteiger partial charge >= 0.3 is 5.97 Å². The molecule has 0 bridgehead atoms. The SMILES string of the molecule is CCc1cc(C)cc(C)c1CC(=O)[C@H]1CC(O)(CO)C[C@@H]1C(=O)OC. The van der Waals surface area contributed by atoms with Gasteiger partial charge in [0.1, 0.15) is 5.78 Å². The number of aliphatic hydroxyl groups is 2. The van der Waals surface area contributed by atoms with E-state index < -0.39 is 30.0 Å². The lowest BCUT2D eigenvalue weighted by molar-refractivity contribution is -0.149. The molecule has 1 unspecified atom stereocenters. The summed E-state index contributed by atoms with van der Waals surface area (Å²) in [7, 11) is 1.28. The molecule has 5 heteroatoms. The number of carbonyl (C=O) groups is 2. The van der Waals surface area contributed by atoms with Crippen LogP contribution in [0, 0.1) is 25.7 Å². The second-order valence-corrected chi connectivity index (χ2v) is 7.24. The second-order valence-electron chi connectivity index (χ2n) is 7.24. The van der Waals surface area contributed by atoms with Gasteiger partial charge < -0.3 is 14.9 Å². The maximum absolute atomic E-state index is 13.0. The van der Waals surface area contributed by atoms with Crippen LogP contribution in [0.2, 0.25) is 0 Å². The predicted octanol–water partition coefficient (Wildman–Crippen LogP) is 1.90. The first kappa shape index (κ1) is 19.6. The number of methoxy groups -OCH3 is 1. The molecule has 1 saturated carbocycles. The highest BCUT2D eigenvalue weighted by molar-refractivity contribution is 5.89. The molecule has 0 aromatic heterocycles. The average Bonchev–Trinajstić information content (AvgIpc) is 2.95. The van der Waals surface area contributed by atoms with E-state index in [4.69, 9.17) is 4.74 Å². The van der Waals surface area contributed by atoms with E-state index in [-0.39, 0.29) is 25.0 Å². The third-order valence-electron chi connectivity index (χ3n) is 5.34. The Hall–Kier alpha value is -1.72. The fourth-order valence-electron chi connectivity index (χ4n) is 4.01. The molecule has 25 heavy (non-hydrogen) atoms. The highest BCUT2D eigenvalue weighted by atomic mass is 16.5. The van der Waals surface area contributed by atoms with E-state index >= 15 is 0 Å². The molecule has 1 aliphatic carbocycles. The van der Waals surface area contributed by atoms with Crippen molar-refractivity contribution in [1.29, 1.82) is 0 Å². The zero-order valence-corrected chi connectivity index (χ0v) is 15.5. The van der Waals surface area contributed by atoms with Crippen molar-refractivity contribution in [2.24, 2.45) is 11.8 Å². The number of ketones is 1. The van der Waals surface area contributed by atoms with E-state index in [0.29, 0.717) is 0 Å². The minimum atomic E-state index is -1.39. The Balaban J connectivity index is 2.29. The number of carbonyl (C=O) groups excluding carboxylic acids is 2. The lowest BCUT2D eigenvalue weighted by atomic mass is 9.85. The van der Waals surface area contributed by atoms with Crippen LogP contribution in [0.3, 0.4) is 0 Å². The first-order valence-electron chi connectivity index (χ1n) is 8.77.